The lowest BCUT2D eigenvalue weighted by Gasteiger charge is -2.07. The van der Waals surface area contributed by atoms with Gasteiger partial charge >= 0.3 is 5.97 Å². The van der Waals surface area contributed by atoms with E-state index in [4.69, 9.17) is 11.5 Å². The molecule has 0 radical (unpaired) electrons. The lowest BCUT2D eigenvalue weighted by molar-refractivity contribution is -0.144. The highest BCUT2D eigenvalue weighted by Gasteiger charge is 2.05. The third-order valence-electron chi connectivity index (χ3n) is 0.885. The van der Waals surface area contributed by atoms with Gasteiger partial charge in [0.05, 0.1) is 0 Å². The minimum Gasteiger partial charge on any atom is -0.449 e. The van der Waals surface area contributed by atoms with E-state index in [0.717, 1.165) is 0 Å². The largest absolute Gasteiger partial charge is 0.449 e. The number of terminal acetylenes is 1. The molecular weight excluding hydrogens is 132 g/mol. The molecule has 0 fully saturated rings. The molecule has 0 amide bonds. The van der Waals surface area contributed by atoms with Crippen molar-refractivity contribution >= 4 is 5.97 Å². The summed E-state index contributed by atoms with van der Waals surface area (Å²) in [5.74, 6) is 1.81. The van der Waals surface area contributed by atoms with E-state index in [0.29, 0.717) is 6.42 Å². The van der Waals surface area contributed by atoms with Gasteiger partial charge in [-0.15, -0.1) is 6.42 Å². The van der Waals surface area contributed by atoms with Gasteiger partial charge in [0.25, 0.3) is 0 Å². The van der Waals surface area contributed by atoms with Crippen LogP contribution in [-0.4, -0.2) is 23.8 Å². The average Bonchev–Trinajstić information content (AvgIpc) is 1.86. The van der Waals surface area contributed by atoms with Crippen LogP contribution in [0.5, 0.6) is 0 Å². The van der Waals surface area contributed by atoms with E-state index in [-0.39, 0.29) is 6.61 Å². The van der Waals surface area contributed by atoms with Gasteiger partial charge in [0.2, 0.25) is 0 Å². The quantitative estimate of drug-likeness (QED) is 0.443. The van der Waals surface area contributed by atoms with Crippen molar-refractivity contribution < 1.29 is 14.6 Å². The van der Waals surface area contributed by atoms with Crippen LogP contribution in [0.4, 0.5) is 0 Å². The number of hydrogen-bond donors (Lipinski definition) is 1. The van der Waals surface area contributed by atoms with Crippen LogP contribution in [0.1, 0.15) is 13.3 Å². The fourth-order valence-electron chi connectivity index (χ4n) is 0.494. The van der Waals surface area contributed by atoms with Crippen LogP contribution in [0.25, 0.3) is 0 Å². The molecule has 0 aromatic heterocycles. The van der Waals surface area contributed by atoms with Gasteiger partial charge in [-0.05, 0) is 0 Å². The molecule has 0 spiro atoms. The highest BCUT2D eigenvalue weighted by molar-refractivity contribution is 5.66. The first kappa shape index (κ1) is 8.99. The van der Waals surface area contributed by atoms with Crippen molar-refractivity contribution in [3.05, 3.63) is 0 Å². The van der Waals surface area contributed by atoms with Crippen molar-refractivity contribution in [3.8, 4) is 12.3 Å². The van der Waals surface area contributed by atoms with Crippen LogP contribution in [0.2, 0.25) is 0 Å². The number of rotatable bonds is 3. The predicted octanol–water partition coefficient (Wildman–Crippen LogP) is -0.0663. The Hall–Kier alpha value is -1.01. The third-order valence-corrected chi connectivity index (χ3v) is 0.885. The van der Waals surface area contributed by atoms with Gasteiger partial charge in [-0.3, -0.25) is 4.79 Å². The van der Waals surface area contributed by atoms with Crippen LogP contribution >= 0.6 is 0 Å². The van der Waals surface area contributed by atoms with Crippen molar-refractivity contribution in [2.75, 3.05) is 6.61 Å². The molecule has 10 heavy (non-hydrogen) atoms. The maximum atomic E-state index is 10.3. The Bertz CT molecular complexity index is 145. The number of ether oxygens (including phenoxy) is 1. The minimum atomic E-state index is -0.581. The first-order valence-corrected chi connectivity index (χ1v) is 2.95. The SMILES string of the molecule is C#C[C@@H](CCO)OC(C)=O. The van der Waals surface area contributed by atoms with E-state index in [1.807, 2.05) is 0 Å². The number of carbonyl (C=O) groups is 1. The standard InChI is InChI=1S/C7H10O3/c1-3-7(4-5-8)10-6(2)9/h1,7-8H,4-5H2,2H3/t7-/m0/s1. The van der Waals surface area contributed by atoms with E-state index < -0.39 is 12.1 Å². The van der Waals surface area contributed by atoms with Crippen LogP contribution in [0.15, 0.2) is 0 Å². The second kappa shape index (κ2) is 4.83. The molecule has 0 aromatic carbocycles. The molecule has 56 valence electrons. The van der Waals surface area contributed by atoms with E-state index in [1.54, 1.807) is 0 Å². The predicted molar refractivity (Wildman–Crippen MR) is 36.1 cm³/mol. The number of aliphatic hydroxyl groups is 1. The fourth-order valence-corrected chi connectivity index (χ4v) is 0.494. The van der Waals surface area contributed by atoms with Crippen LogP contribution in [0.3, 0.4) is 0 Å². The van der Waals surface area contributed by atoms with E-state index in [2.05, 4.69) is 10.7 Å². The topological polar surface area (TPSA) is 46.5 Å². The number of hydrogen-bond acceptors (Lipinski definition) is 3. The summed E-state index contributed by atoms with van der Waals surface area (Å²) in [7, 11) is 0. The molecule has 3 nitrogen and oxygen atoms in total. The Morgan fingerprint density at radius 1 is 1.90 bits per heavy atom. The maximum absolute atomic E-state index is 10.3. The lowest BCUT2D eigenvalue weighted by Crippen LogP contribution is -2.15. The molecule has 0 aromatic rings. The second-order valence-corrected chi connectivity index (χ2v) is 1.78. The lowest BCUT2D eigenvalue weighted by atomic mass is 10.3. The van der Waals surface area contributed by atoms with E-state index >= 15 is 0 Å². The molecule has 0 saturated carbocycles. The first-order valence-electron chi connectivity index (χ1n) is 2.95. The summed E-state index contributed by atoms with van der Waals surface area (Å²) in [6.07, 6.45) is 4.69. The molecule has 0 heterocycles. The fraction of sp³-hybridized carbons (Fsp3) is 0.571. The molecule has 0 saturated heterocycles. The Kier molecular flexibility index (Phi) is 4.34. The number of aliphatic hydroxyl groups excluding tert-OH is 1. The Morgan fingerprint density at radius 3 is 2.80 bits per heavy atom. The zero-order valence-electron chi connectivity index (χ0n) is 5.83. The zero-order chi connectivity index (χ0) is 7.98. The zero-order valence-corrected chi connectivity index (χ0v) is 5.83. The number of carbonyl (C=O) groups excluding carboxylic acids is 1. The van der Waals surface area contributed by atoms with Crippen molar-refractivity contribution in [3.63, 3.8) is 0 Å². The normalized spacial score (nSPS) is 11.7. The molecular formula is C7H10O3. The Morgan fingerprint density at radius 2 is 2.50 bits per heavy atom. The highest BCUT2D eigenvalue weighted by Crippen LogP contribution is 1.95. The summed E-state index contributed by atoms with van der Waals surface area (Å²) in [5.41, 5.74) is 0. The number of esters is 1. The van der Waals surface area contributed by atoms with Gasteiger partial charge in [-0.25, -0.2) is 0 Å². The van der Waals surface area contributed by atoms with Gasteiger partial charge in [-0.2, -0.15) is 0 Å². The molecule has 1 atom stereocenters. The van der Waals surface area contributed by atoms with Crippen LogP contribution < -0.4 is 0 Å². The summed E-state index contributed by atoms with van der Waals surface area (Å²) in [4.78, 5) is 10.3. The van der Waals surface area contributed by atoms with Crippen LogP contribution in [-0.2, 0) is 9.53 Å². The molecule has 0 unspecified atom stereocenters. The summed E-state index contributed by atoms with van der Waals surface area (Å²) in [6.45, 7) is 1.21. The Balaban J connectivity index is 3.63. The molecule has 0 aliphatic heterocycles. The van der Waals surface area contributed by atoms with Gasteiger partial charge in [-0.1, -0.05) is 5.92 Å². The summed E-state index contributed by atoms with van der Waals surface area (Å²) in [6, 6.07) is 0. The van der Waals surface area contributed by atoms with E-state index in [1.165, 1.54) is 6.92 Å². The average molecular weight is 142 g/mol. The first-order chi connectivity index (χ1) is 4.70. The molecule has 3 heteroatoms. The maximum Gasteiger partial charge on any atom is 0.303 e. The van der Waals surface area contributed by atoms with Gasteiger partial charge < -0.3 is 9.84 Å². The molecule has 0 rings (SSSR count). The monoisotopic (exact) mass is 142 g/mol. The van der Waals surface area contributed by atoms with Gasteiger partial charge in [0.1, 0.15) is 0 Å². The summed E-state index contributed by atoms with van der Waals surface area (Å²) < 4.78 is 4.60. The van der Waals surface area contributed by atoms with E-state index in [9.17, 15) is 4.79 Å². The van der Waals surface area contributed by atoms with Gasteiger partial charge in [0, 0.05) is 20.0 Å². The summed E-state index contributed by atoms with van der Waals surface area (Å²) >= 11 is 0. The third kappa shape index (κ3) is 3.93. The summed E-state index contributed by atoms with van der Waals surface area (Å²) in [5, 5.41) is 8.39. The highest BCUT2D eigenvalue weighted by atomic mass is 16.5. The van der Waals surface area contributed by atoms with Gasteiger partial charge in [0.15, 0.2) is 6.10 Å². The van der Waals surface area contributed by atoms with Crippen molar-refractivity contribution in [1.29, 1.82) is 0 Å². The molecule has 1 N–H and O–H groups in total. The smallest absolute Gasteiger partial charge is 0.303 e. The molecule has 0 aliphatic carbocycles. The minimum absolute atomic E-state index is 0.0673. The molecule has 0 aliphatic rings. The van der Waals surface area contributed by atoms with Crippen LogP contribution in [0, 0.1) is 12.3 Å². The van der Waals surface area contributed by atoms with Crippen molar-refractivity contribution in [2.45, 2.75) is 19.4 Å². The second-order valence-electron chi connectivity index (χ2n) is 1.78. The van der Waals surface area contributed by atoms with Crippen molar-refractivity contribution in [2.24, 2.45) is 0 Å². The molecule has 0 bridgehead atoms. The van der Waals surface area contributed by atoms with Crippen molar-refractivity contribution in [1.82, 2.24) is 0 Å². The Labute approximate surface area is 60.0 Å².